The largest absolute Gasteiger partial charge is 0.378 e. The van der Waals surface area contributed by atoms with E-state index >= 15 is 0 Å². The molecule has 0 saturated heterocycles. The zero-order chi connectivity index (χ0) is 21.8. The third kappa shape index (κ3) is 5.47. The first-order valence-corrected chi connectivity index (χ1v) is 12.3. The second-order valence-corrected chi connectivity index (χ2v) is 10.3. The Hall–Kier alpha value is -2.69. The fraction of sp³-hybridized carbons (Fsp3) is 0.0500. The van der Waals surface area contributed by atoms with Crippen LogP contribution < -0.4 is 9.01 Å². The van der Waals surface area contributed by atoms with Crippen LogP contribution in [-0.4, -0.2) is 23.1 Å². The molecule has 0 aliphatic rings. The summed E-state index contributed by atoms with van der Waals surface area (Å²) in [6, 6.07) is 18.6. The molecule has 0 heterocycles. The average molecular weight is 509 g/mol. The number of nitrogens with zero attached hydrogens (tertiary/aromatic N) is 1. The summed E-state index contributed by atoms with van der Waals surface area (Å²) >= 11 is 3.29. The molecule has 156 valence electrons. The van der Waals surface area contributed by atoms with E-state index in [9.17, 15) is 16.8 Å². The lowest BCUT2D eigenvalue weighted by Gasteiger charge is -2.10. The van der Waals surface area contributed by atoms with E-state index in [1.54, 1.807) is 42.5 Å². The van der Waals surface area contributed by atoms with Crippen molar-refractivity contribution in [3.05, 3.63) is 88.4 Å². The molecule has 7 nitrogen and oxygen atoms in total. The minimum atomic E-state index is -4.06. The van der Waals surface area contributed by atoms with Crippen LogP contribution >= 0.6 is 15.9 Å². The van der Waals surface area contributed by atoms with Gasteiger partial charge in [0.1, 0.15) is 4.90 Å². The number of benzene rings is 3. The highest BCUT2D eigenvalue weighted by Crippen LogP contribution is 2.25. The molecule has 10 heteroatoms. The minimum absolute atomic E-state index is 0.000312. The number of aryl methyl sites for hydroxylation is 1. The molecule has 0 spiro atoms. The van der Waals surface area contributed by atoms with Gasteiger partial charge in [0.2, 0.25) is 0 Å². The Morgan fingerprint density at radius 1 is 0.900 bits per heavy atom. The van der Waals surface area contributed by atoms with Crippen molar-refractivity contribution in [1.82, 2.24) is 4.83 Å². The number of hydrogen-bond donors (Lipinski definition) is 1. The van der Waals surface area contributed by atoms with Crippen molar-refractivity contribution in [1.29, 1.82) is 0 Å². The van der Waals surface area contributed by atoms with Crippen molar-refractivity contribution in [2.75, 3.05) is 0 Å². The monoisotopic (exact) mass is 508 g/mol. The normalized spacial score (nSPS) is 12.1. The van der Waals surface area contributed by atoms with E-state index in [0.29, 0.717) is 4.47 Å². The Balaban J connectivity index is 1.84. The van der Waals surface area contributed by atoms with Gasteiger partial charge in [-0.1, -0.05) is 51.8 Å². The van der Waals surface area contributed by atoms with Crippen LogP contribution in [0.4, 0.5) is 0 Å². The van der Waals surface area contributed by atoms with Gasteiger partial charge in [0, 0.05) is 10.0 Å². The van der Waals surface area contributed by atoms with Gasteiger partial charge in [0.25, 0.3) is 10.0 Å². The van der Waals surface area contributed by atoms with Crippen molar-refractivity contribution in [2.24, 2.45) is 5.10 Å². The number of rotatable bonds is 7. The lowest BCUT2D eigenvalue weighted by atomic mass is 10.2. The van der Waals surface area contributed by atoms with E-state index in [1.807, 2.05) is 6.92 Å². The SMILES string of the molecule is Cc1ccc(S(=O)(=O)N/N=C\c2cc(Br)ccc2OS(=O)(=O)c2ccccc2)cc1. The van der Waals surface area contributed by atoms with E-state index < -0.39 is 20.1 Å². The molecule has 3 aromatic rings. The zero-order valence-corrected chi connectivity index (χ0v) is 18.9. The van der Waals surface area contributed by atoms with Gasteiger partial charge in [-0.3, -0.25) is 0 Å². The van der Waals surface area contributed by atoms with Gasteiger partial charge in [-0.25, -0.2) is 4.83 Å². The molecular formula is C20H17BrN2O5S2. The van der Waals surface area contributed by atoms with E-state index in [1.165, 1.54) is 36.5 Å². The molecule has 0 radical (unpaired) electrons. The number of nitrogens with one attached hydrogen (secondary N) is 1. The van der Waals surface area contributed by atoms with Crippen molar-refractivity contribution < 1.29 is 21.0 Å². The van der Waals surface area contributed by atoms with Crippen molar-refractivity contribution >= 4 is 42.3 Å². The first kappa shape index (κ1) is 22.0. The summed E-state index contributed by atoms with van der Waals surface area (Å²) in [5.74, 6) is 0.000312. The number of halogens is 1. The standard InChI is InChI=1S/C20H17BrN2O5S2/c1-15-7-10-18(11-8-15)29(24,25)23-22-14-16-13-17(21)9-12-20(16)28-30(26,27)19-5-3-2-4-6-19/h2-14,23H,1H3/b22-14-. The maximum atomic E-state index is 12.5. The van der Waals surface area contributed by atoms with Gasteiger partial charge in [-0.05, 0) is 49.4 Å². The van der Waals surface area contributed by atoms with Crippen LogP contribution in [0.3, 0.4) is 0 Å². The number of sulfonamides is 1. The van der Waals surface area contributed by atoms with Crippen LogP contribution in [-0.2, 0) is 20.1 Å². The van der Waals surface area contributed by atoms with Gasteiger partial charge >= 0.3 is 10.1 Å². The van der Waals surface area contributed by atoms with E-state index in [2.05, 4.69) is 25.9 Å². The first-order valence-electron chi connectivity index (χ1n) is 8.58. The molecule has 0 unspecified atom stereocenters. The second-order valence-electron chi connectivity index (χ2n) is 6.20. The molecule has 0 atom stereocenters. The molecule has 0 bridgehead atoms. The van der Waals surface area contributed by atoms with Crippen molar-refractivity contribution in [3.8, 4) is 5.75 Å². The van der Waals surface area contributed by atoms with Crippen LogP contribution in [0, 0.1) is 6.92 Å². The van der Waals surface area contributed by atoms with E-state index in [-0.39, 0.29) is 21.1 Å². The van der Waals surface area contributed by atoms with Gasteiger partial charge in [0.05, 0.1) is 11.1 Å². The molecule has 0 amide bonds. The lowest BCUT2D eigenvalue weighted by molar-refractivity contribution is 0.485. The molecule has 3 rings (SSSR count). The predicted molar refractivity (Wildman–Crippen MR) is 117 cm³/mol. The highest BCUT2D eigenvalue weighted by molar-refractivity contribution is 9.10. The second kappa shape index (κ2) is 8.99. The smallest absolute Gasteiger partial charge is 0.339 e. The van der Waals surface area contributed by atoms with Crippen molar-refractivity contribution in [2.45, 2.75) is 16.7 Å². The lowest BCUT2D eigenvalue weighted by Crippen LogP contribution is -2.18. The summed E-state index contributed by atoms with van der Waals surface area (Å²) in [7, 11) is -7.93. The Morgan fingerprint density at radius 3 is 2.23 bits per heavy atom. The van der Waals surface area contributed by atoms with Gasteiger partial charge in [0.15, 0.2) is 5.75 Å². The maximum Gasteiger partial charge on any atom is 0.339 e. The van der Waals surface area contributed by atoms with Gasteiger partial charge in [-0.15, -0.1) is 0 Å². The molecule has 3 aromatic carbocycles. The number of hydrazone groups is 1. The average Bonchev–Trinajstić information content (AvgIpc) is 2.71. The van der Waals surface area contributed by atoms with Crippen LogP contribution in [0.2, 0.25) is 0 Å². The fourth-order valence-corrected chi connectivity index (χ4v) is 4.53. The van der Waals surface area contributed by atoms with Gasteiger partial charge in [-0.2, -0.15) is 21.9 Å². The third-order valence-corrected chi connectivity index (χ3v) is 6.89. The Bertz CT molecular complexity index is 1270. The third-order valence-electron chi connectivity index (χ3n) is 3.91. The molecular weight excluding hydrogens is 492 g/mol. The fourth-order valence-electron chi connectivity index (χ4n) is 2.38. The van der Waals surface area contributed by atoms with Crippen LogP contribution in [0.5, 0.6) is 5.75 Å². The molecule has 0 aromatic heterocycles. The van der Waals surface area contributed by atoms with E-state index in [0.717, 1.165) is 5.56 Å². The Morgan fingerprint density at radius 2 is 1.57 bits per heavy atom. The van der Waals surface area contributed by atoms with Crippen molar-refractivity contribution in [3.63, 3.8) is 0 Å². The quantitative estimate of drug-likeness (QED) is 0.296. The summed E-state index contributed by atoms with van der Waals surface area (Å²) in [4.78, 5) is 2.16. The molecule has 0 aliphatic heterocycles. The summed E-state index contributed by atoms with van der Waals surface area (Å²) in [5, 5.41) is 3.76. The topological polar surface area (TPSA) is 102 Å². The highest BCUT2D eigenvalue weighted by Gasteiger charge is 2.18. The Labute approximate surface area is 183 Å². The predicted octanol–water partition coefficient (Wildman–Crippen LogP) is 3.84. The molecule has 0 aliphatic carbocycles. The Kier molecular flexibility index (Phi) is 6.59. The van der Waals surface area contributed by atoms with Crippen LogP contribution in [0.1, 0.15) is 11.1 Å². The first-order chi connectivity index (χ1) is 14.2. The highest BCUT2D eigenvalue weighted by atomic mass is 79.9. The van der Waals surface area contributed by atoms with Crippen LogP contribution in [0.15, 0.2) is 92.2 Å². The van der Waals surface area contributed by atoms with Crippen LogP contribution in [0.25, 0.3) is 0 Å². The van der Waals surface area contributed by atoms with Gasteiger partial charge < -0.3 is 4.18 Å². The molecule has 30 heavy (non-hydrogen) atoms. The minimum Gasteiger partial charge on any atom is -0.378 e. The summed E-state index contributed by atoms with van der Waals surface area (Å²) in [5.41, 5.74) is 1.18. The summed E-state index contributed by atoms with van der Waals surface area (Å²) < 4.78 is 55.5. The summed E-state index contributed by atoms with van der Waals surface area (Å²) in [6.45, 7) is 1.85. The summed E-state index contributed by atoms with van der Waals surface area (Å²) in [6.07, 6.45) is 1.17. The zero-order valence-electron chi connectivity index (χ0n) is 15.7. The maximum absolute atomic E-state index is 12.5. The number of hydrogen-bond acceptors (Lipinski definition) is 6. The van der Waals surface area contributed by atoms with E-state index in [4.69, 9.17) is 4.18 Å². The molecule has 0 fully saturated rings. The molecule has 1 N–H and O–H groups in total. The molecule has 0 saturated carbocycles.